The molecule has 19 heavy (non-hydrogen) atoms. The van der Waals surface area contributed by atoms with Crippen LogP contribution < -0.4 is 10.1 Å². The first kappa shape index (κ1) is 15.7. The number of rotatable bonds is 9. The molecule has 0 fully saturated rings. The Bertz CT molecular complexity index is 358. The number of aromatic nitrogens is 2. The Morgan fingerprint density at radius 1 is 1.37 bits per heavy atom. The van der Waals surface area contributed by atoms with E-state index < -0.39 is 0 Å². The quantitative estimate of drug-likeness (QED) is 0.719. The number of anilines is 1. The van der Waals surface area contributed by atoms with E-state index in [2.05, 4.69) is 29.1 Å². The zero-order chi connectivity index (χ0) is 14.1. The lowest BCUT2D eigenvalue weighted by molar-refractivity contribution is 0.247. The van der Waals surface area contributed by atoms with Crippen molar-refractivity contribution in [2.45, 2.75) is 33.6 Å². The van der Waals surface area contributed by atoms with E-state index in [1.54, 1.807) is 12.4 Å². The Labute approximate surface area is 115 Å². The minimum absolute atomic E-state index is 0.226. The maximum atomic E-state index is 9.09. The Balaban J connectivity index is 2.50. The van der Waals surface area contributed by atoms with Crippen molar-refractivity contribution >= 4 is 5.82 Å². The Kier molecular flexibility index (Phi) is 7.18. The highest BCUT2D eigenvalue weighted by Gasteiger charge is 2.11. The molecule has 1 atom stereocenters. The van der Waals surface area contributed by atoms with E-state index in [-0.39, 0.29) is 6.61 Å². The third-order valence-corrected chi connectivity index (χ3v) is 2.82. The fourth-order valence-corrected chi connectivity index (χ4v) is 2.05. The van der Waals surface area contributed by atoms with Crippen LogP contribution in [0, 0.1) is 11.8 Å². The summed E-state index contributed by atoms with van der Waals surface area (Å²) < 4.78 is 5.31. The Morgan fingerprint density at radius 3 is 2.79 bits per heavy atom. The predicted molar refractivity (Wildman–Crippen MR) is 76.3 cm³/mol. The maximum absolute atomic E-state index is 9.09. The Hall–Kier alpha value is -1.36. The Morgan fingerprint density at radius 2 is 2.16 bits per heavy atom. The highest BCUT2D eigenvalue weighted by molar-refractivity contribution is 5.33. The van der Waals surface area contributed by atoms with Crippen molar-refractivity contribution in [2.75, 3.05) is 25.1 Å². The molecule has 0 aliphatic carbocycles. The summed E-state index contributed by atoms with van der Waals surface area (Å²) >= 11 is 0. The molecule has 1 unspecified atom stereocenters. The van der Waals surface area contributed by atoms with E-state index in [9.17, 15) is 0 Å². The normalized spacial score (nSPS) is 12.5. The number of hydrogen-bond donors (Lipinski definition) is 2. The van der Waals surface area contributed by atoms with Crippen molar-refractivity contribution in [2.24, 2.45) is 11.8 Å². The van der Waals surface area contributed by atoms with E-state index in [0.29, 0.717) is 24.3 Å². The van der Waals surface area contributed by atoms with Gasteiger partial charge in [-0.25, -0.2) is 0 Å². The summed E-state index contributed by atoms with van der Waals surface area (Å²) in [6, 6.07) is 0. The second-order valence-electron chi connectivity index (χ2n) is 5.06. The van der Waals surface area contributed by atoms with Gasteiger partial charge in [0, 0.05) is 13.2 Å². The third-order valence-electron chi connectivity index (χ3n) is 2.82. The average molecular weight is 267 g/mol. The summed E-state index contributed by atoms with van der Waals surface area (Å²) in [6.07, 6.45) is 5.19. The number of ether oxygens (including phenoxy) is 1. The standard InChI is InChI=1S/C14H25N3O2/c1-4-19-14-10-15-9-13(17-14)16-8-12(5-6-18)7-11(2)3/h9-12,18H,4-8H2,1-3H3,(H,16,17). The van der Waals surface area contributed by atoms with E-state index in [1.807, 2.05) is 6.92 Å². The molecule has 0 saturated carbocycles. The minimum Gasteiger partial charge on any atom is -0.477 e. The molecule has 5 heteroatoms. The summed E-state index contributed by atoms with van der Waals surface area (Å²) in [7, 11) is 0. The van der Waals surface area contributed by atoms with Crippen LogP contribution >= 0.6 is 0 Å². The van der Waals surface area contributed by atoms with Crippen LogP contribution in [0.2, 0.25) is 0 Å². The summed E-state index contributed by atoms with van der Waals surface area (Å²) in [4.78, 5) is 8.40. The van der Waals surface area contributed by atoms with Gasteiger partial charge in [-0.3, -0.25) is 4.98 Å². The molecule has 2 N–H and O–H groups in total. The van der Waals surface area contributed by atoms with Gasteiger partial charge >= 0.3 is 0 Å². The van der Waals surface area contributed by atoms with Crippen LogP contribution in [0.1, 0.15) is 33.6 Å². The minimum atomic E-state index is 0.226. The van der Waals surface area contributed by atoms with Gasteiger partial charge in [0.2, 0.25) is 5.88 Å². The highest BCUT2D eigenvalue weighted by Crippen LogP contribution is 2.16. The van der Waals surface area contributed by atoms with Crippen LogP contribution in [0.15, 0.2) is 12.4 Å². The van der Waals surface area contributed by atoms with E-state index in [1.165, 1.54) is 0 Å². The summed E-state index contributed by atoms with van der Waals surface area (Å²) in [5.74, 6) is 2.33. The summed E-state index contributed by atoms with van der Waals surface area (Å²) in [6.45, 7) is 7.91. The molecule has 1 rings (SSSR count). The lowest BCUT2D eigenvalue weighted by Crippen LogP contribution is -2.18. The van der Waals surface area contributed by atoms with Gasteiger partial charge in [-0.05, 0) is 31.6 Å². The van der Waals surface area contributed by atoms with Gasteiger partial charge in [-0.15, -0.1) is 0 Å². The van der Waals surface area contributed by atoms with Crippen molar-refractivity contribution in [3.05, 3.63) is 12.4 Å². The number of aliphatic hydroxyl groups is 1. The molecule has 0 aliphatic rings. The predicted octanol–water partition coefficient (Wildman–Crippen LogP) is 2.33. The van der Waals surface area contributed by atoms with Crippen molar-refractivity contribution in [3.8, 4) is 5.88 Å². The third kappa shape index (κ3) is 6.38. The molecule has 0 spiro atoms. The molecule has 0 radical (unpaired) electrons. The van der Waals surface area contributed by atoms with Gasteiger partial charge in [0.25, 0.3) is 0 Å². The molecule has 1 aromatic rings. The van der Waals surface area contributed by atoms with E-state index in [0.717, 1.165) is 25.2 Å². The van der Waals surface area contributed by atoms with Crippen LogP contribution in [-0.2, 0) is 0 Å². The molecule has 5 nitrogen and oxygen atoms in total. The monoisotopic (exact) mass is 267 g/mol. The molecular formula is C14H25N3O2. The van der Waals surface area contributed by atoms with E-state index >= 15 is 0 Å². The molecule has 1 aromatic heterocycles. The molecule has 0 amide bonds. The van der Waals surface area contributed by atoms with Crippen molar-refractivity contribution in [3.63, 3.8) is 0 Å². The van der Waals surface area contributed by atoms with E-state index in [4.69, 9.17) is 9.84 Å². The SMILES string of the molecule is CCOc1cncc(NCC(CCO)CC(C)C)n1. The van der Waals surface area contributed by atoms with Gasteiger partial charge < -0.3 is 15.2 Å². The first-order valence-electron chi connectivity index (χ1n) is 6.95. The van der Waals surface area contributed by atoms with Crippen molar-refractivity contribution in [1.82, 2.24) is 9.97 Å². The average Bonchev–Trinajstić information content (AvgIpc) is 2.36. The second-order valence-corrected chi connectivity index (χ2v) is 5.06. The first-order chi connectivity index (χ1) is 9.15. The van der Waals surface area contributed by atoms with Crippen LogP contribution in [0.4, 0.5) is 5.82 Å². The fraction of sp³-hybridized carbons (Fsp3) is 0.714. The lowest BCUT2D eigenvalue weighted by Gasteiger charge is -2.18. The molecule has 0 bridgehead atoms. The smallest absolute Gasteiger partial charge is 0.234 e. The molecule has 0 aliphatic heterocycles. The van der Waals surface area contributed by atoms with Gasteiger partial charge in [0.15, 0.2) is 0 Å². The van der Waals surface area contributed by atoms with Gasteiger partial charge in [-0.1, -0.05) is 13.8 Å². The van der Waals surface area contributed by atoms with Crippen LogP contribution in [0.25, 0.3) is 0 Å². The topological polar surface area (TPSA) is 67.3 Å². The first-order valence-corrected chi connectivity index (χ1v) is 6.95. The van der Waals surface area contributed by atoms with Crippen LogP contribution in [0.3, 0.4) is 0 Å². The van der Waals surface area contributed by atoms with Crippen molar-refractivity contribution < 1.29 is 9.84 Å². The van der Waals surface area contributed by atoms with Gasteiger partial charge in [0.1, 0.15) is 5.82 Å². The largest absolute Gasteiger partial charge is 0.477 e. The summed E-state index contributed by atoms with van der Waals surface area (Å²) in [5, 5.41) is 12.4. The van der Waals surface area contributed by atoms with Crippen LogP contribution in [0.5, 0.6) is 5.88 Å². The van der Waals surface area contributed by atoms with Crippen LogP contribution in [-0.4, -0.2) is 34.8 Å². The number of hydrogen-bond acceptors (Lipinski definition) is 5. The molecular weight excluding hydrogens is 242 g/mol. The maximum Gasteiger partial charge on any atom is 0.234 e. The highest BCUT2D eigenvalue weighted by atomic mass is 16.5. The second kappa shape index (κ2) is 8.69. The lowest BCUT2D eigenvalue weighted by atomic mass is 9.94. The molecule has 108 valence electrons. The number of aliphatic hydroxyl groups excluding tert-OH is 1. The van der Waals surface area contributed by atoms with Gasteiger partial charge in [0.05, 0.1) is 19.0 Å². The molecule has 0 aromatic carbocycles. The zero-order valence-corrected chi connectivity index (χ0v) is 12.1. The summed E-state index contributed by atoms with van der Waals surface area (Å²) in [5.41, 5.74) is 0. The zero-order valence-electron chi connectivity index (χ0n) is 12.1. The molecule has 1 heterocycles. The van der Waals surface area contributed by atoms with Crippen molar-refractivity contribution in [1.29, 1.82) is 0 Å². The number of nitrogens with one attached hydrogen (secondary N) is 1. The van der Waals surface area contributed by atoms with Gasteiger partial charge in [-0.2, -0.15) is 4.98 Å². The molecule has 0 saturated heterocycles. The number of nitrogens with zero attached hydrogens (tertiary/aromatic N) is 2. The fourth-order valence-electron chi connectivity index (χ4n) is 2.05.